The van der Waals surface area contributed by atoms with Crippen molar-refractivity contribution in [1.29, 1.82) is 0 Å². The maximum atomic E-state index is 11.2. The highest BCUT2D eigenvalue weighted by Crippen LogP contribution is 2.28. The van der Waals surface area contributed by atoms with Crippen molar-refractivity contribution in [2.75, 3.05) is 5.32 Å². The minimum atomic E-state index is -0.00559. The summed E-state index contributed by atoms with van der Waals surface area (Å²) in [5.74, 6) is -0.00559. The highest BCUT2D eigenvalue weighted by Gasteiger charge is 2.05. The fourth-order valence-electron chi connectivity index (χ4n) is 1.28. The van der Waals surface area contributed by atoms with E-state index in [-0.39, 0.29) is 5.91 Å². The Labute approximate surface area is 98.2 Å². The number of nitrogens with one attached hydrogen (secondary N) is 1. The fourth-order valence-corrected chi connectivity index (χ4v) is 2.11. The number of nitrogens with zero attached hydrogens (tertiary/aromatic N) is 1. The number of hydrogen-bond donors (Lipinski definition) is 1. The van der Waals surface area contributed by atoms with Crippen LogP contribution < -0.4 is 5.32 Å². The van der Waals surface area contributed by atoms with Gasteiger partial charge in [0.15, 0.2) is 5.13 Å². The number of carbonyl (C=O) groups is 1. The molecule has 0 aliphatic rings. The first-order chi connectivity index (χ1) is 7.79. The van der Waals surface area contributed by atoms with Crippen LogP contribution in [0.4, 0.5) is 5.13 Å². The van der Waals surface area contributed by atoms with Gasteiger partial charge in [-0.2, -0.15) is 0 Å². The molecule has 0 saturated carbocycles. The largest absolute Gasteiger partial charge is 0.302 e. The van der Waals surface area contributed by atoms with E-state index in [1.807, 2.05) is 37.3 Å². The summed E-state index contributed by atoms with van der Waals surface area (Å²) in [6, 6.07) is 10.0. The zero-order chi connectivity index (χ0) is 11.4. The van der Waals surface area contributed by atoms with Crippen molar-refractivity contribution in [2.45, 2.75) is 13.3 Å². The minimum Gasteiger partial charge on any atom is -0.302 e. The van der Waals surface area contributed by atoms with Crippen LogP contribution in [0.25, 0.3) is 10.4 Å². The number of amides is 1. The van der Waals surface area contributed by atoms with E-state index in [0.717, 1.165) is 10.4 Å². The SMILES string of the molecule is CCC(=O)Nc1ncc(-c2ccccc2)s1. The van der Waals surface area contributed by atoms with Crippen molar-refractivity contribution in [3.63, 3.8) is 0 Å². The lowest BCUT2D eigenvalue weighted by Gasteiger charge is -1.96. The lowest BCUT2D eigenvalue weighted by Crippen LogP contribution is -2.08. The summed E-state index contributed by atoms with van der Waals surface area (Å²) in [5, 5.41) is 3.41. The van der Waals surface area contributed by atoms with Gasteiger partial charge in [0.2, 0.25) is 5.91 Å². The summed E-state index contributed by atoms with van der Waals surface area (Å²) >= 11 is 1.49. The van der Waals surface area contributed by atoms with Gasteiger partial charge in [0, 0.05) is 12.6 Å². The van der Waals surface area contributed by atoms with Gasteiger partial charge < -0.3 is 5.32 Å². The van der Waals surface area contributed by atoms with Crippen LogP contribution >= 0.6 is 11.3 Å². The molecule has 0 aliphatic carbocycles. The van der Waals surface area contributed by atoms with Gasteiger partial charge in [-0.3, -0.25) is 4.79 Å². The van der Waals surface area contributed by atoms with Gasteiger partial charge in [-0.15, -0.1) is 0 Å². The van der Waals surface area contributed by atoms with Gasteiger partial charge in [0.1, 0.15) is 0 Å². The third-order valence-corrected chi connectivity index (χ3v) is 3.09. The van der Waals surface area contributed by atoms with Gasteiger partial charge >= 0.3 is 0 Å². The lowest BCUT2D eigenvalue weighted by atomic mass is 10.2. The molecule has 0 radical (unpaired) electrons. The third kappa shape index (κ3) is 2.46. The van der Waals surface area contributed by atoms with Crippen molar-refractivity contribution < 1.29 is 4.79 Å². The molecule has 1 aromatic heterocycles. The highest BCUT2D eigenvalue weighted by molar-refractivity contribution is 7.19. The predicted molar refractivity (Wildman–Crippen MR) is 66.5 cm³/mol. The molecule has 4 heteroatoms. The molecule has 16 heavy (non-hydrogen) atoms. The van der Waals surface area contributed by atoms with Crippen LogP contribution in [0.5, 0.6) is 0 Å². The van der Waals surface area contributed by atoms with Gasteiger partial charge in [-0.25, -0.2) is 4.98 Å². The Balaban J connectivity index is 2.17. The maximum absolute atomic E-state index is 11.2. The molecule has 1 N–H and O–H groups in total. The normalized spacial score (nSPS) is 10.1. The lowest BCUT2D eigenvalue weighted by molar-refractivity contribution is -0.115. The number of rotatable bonds is 3. The van der Waals surface area contributed by atoms with Crippen LogP contribution in [0, 0.1) is 0 Å². The van der Waals surface area contributed by atoms with E-state index in [9.17, 15) is 4.79 Å². The van der Waals surface area contributed by atoms with E-state index < -0.39 is 0 Å². The molecule has 1 amide bonds. The monoisotopic (exact) mass is 232 g/mol. The molecule has 2 rings (SSSR count). The molecule has 1 aromatic carbocycles. The Hall–Kier alpha value is -1.68. The molecule has 0 fully saturated rings. The average molecular weight is 232 g/mol. The summed E-state index contributed by atoms with van der Waals surface area (Å²) in [7, 11) is 0. The second-order valence-electron chi connectivity index (χ2n) is 3.30. The van der Waals surface area contributed by atoms with Crippen molar-refractivity contribution in [1.82, 2.24) is 4.98 Å². The Morgan fingerprint density at radius 3 is 2.81 bits per heavy atom. The molecule has 0 aliphatic heterocycles. The zero-order valence-corrected chi connectivity index (χ0v) is 9.75. The van der Waals surface area contributed by atoms with Crippen LogP contribution in [-0.4, -0.2) is 10.9 Å². The summed E-state index contributed by atoms with van der Waals surface area (Å²) in [5.41, 5.74) is 1.12. The molecular weight excluding hydrogens is 220 g/mol. The molecule has 0 atom stereocenters. The molecule has 0 spiro atoms. The number of aromatic nitrogens is 1. The fraction of sp³-hybridized carbons (Fsp3) is 0.167. The average Bonchev–Trinajstić information content (AvgIpc) is 2.78. The minimum absolute atomic E-state index is 0.00559. The van der Waals surface area contributed by atoms with Gasteiger partial charge in [-0.1, -0.05) is 48.6 Å². The second kappa shape index (κ2) is 4.90. The molecule has 0 unspecified atom stereocenters. The summed E-state index contributed by atoms with van der Waals surface area (Å²) in [6.07, 6.45) is 2.26. The number of anilines is 1. The Bertz CT molecular complexity index is 479. The molecular formula is C12H12N2OS. The standard InChI is InChI=1S/C12H12N2OS/c1-2-11(15)14-12-13-8-10(16-12)9-6-4-3-5-7-9/h3-8H,2H2,1H3,(H,13,14,15). The summed E-state index contributed by atoms with van der Waals surface area (Å²) in [6.45, 7) is 1.82. The number of hydrogen-bond acceptors (Lipinski definition) is 3. The molecule has 3 nitrogen and oxygen atoms in total. The molecule has 1 heterocycles. The van der Waals surface area contributed by atoms with Crippen LogP contribution in [0.15, 0.2) is 36.5 Å². The Kier molecular flexibility index (Phi) is 3.31. The van der Waals surface area contributed by atoms with Crippen molar-refractivity contribution in [3.8, 4) is 10.4 Å². The predicted octanol–water partition coefficient (Wildman–Crippen LogP) is 3.16. The topological polar surface area (TPSA) is 42.0 Å². The summed E-state index contributed by atoms with van der Waals surface area (Å²) < 4.78 is 0. The number of thiazole rings is 1. The van der Waals surface area contributed by atoms with Crippen molar-refractivity contribution in [3.05, 3.63) is 36.5 Å². The first-order valence-corrected chi connectivity index (χ1v) is 5.92. The smallest absolute Gasteiger partial charge is 0.225 e. The molecule has 2 aromatic rings. The zero-order valence-electron chi connectivity index (χ0n) is 8.93. The molecule has 0 saturated heterocycles. The van der Waals surface area contributed by atoms with Crippen molar-refractivity contribution in [2.24, 2.45) is 0 Å². The van der Waals surface area contributed by atoms with Gasteiger partial charge in [0.05, 0.1) is 4.88 Å². The van der Waals surface area contributed by atoms with Gasteiger partial charge in [0.25, 0.3) is 0 Å². The van der Waals surface area contributed by atoms with E-state index in [2.05, 4.69) is 10.3 Å². The van der Waals surface area contributed by atoms with Crippen LogP contribution in [0.3, 0.4) is 0 Å². The molecule has 0 bridgehead atoms. The van der Waals surface area contributed by atoms with E-state index >= 15 is 0 Å². The van der Waals surface area contributed by atoms with Crippen LogP contribution in [0.1, 0.15) is 13.3 Å². The molecule has 82 valence electrons. The number of carbonyl (C=O) groups excluding carboxylic acids is 1. The van der Waals surface area contributed by atoms with E-state index in [0.29, 0.717) is 11.6 Å². The Morgan fingerprint density at radius 1 is 1.38 bits per heavy atom. The maximum Gasteiger partial charge on any atom is 0.225 e. The van der Waals surface area contributed by atoms with E-state index in [4.69, 9.17) is 0 Å². The van der Waals surface area contributed by atoms with Crippen LogP contribution in [-0.2, 0) is 4.79 Å². The third-order valence-electron chi connectivity index (χ3n) is 2.13. The first-order valence-electron chi connectivity index (χ1n) is 5.10. The Morgan fingerprint density at radius 2 is 2.12 bits per heavy atom. The van der Waals surface area contributed by atoms with E-state index in [1.165, 1.54) is 11.3 Å². The summed E-state index contributed by atoms with van der Waals surface area (Å²) in [4.78, 5) is 16.4. The van der Waals surface area contributed by atoms with Crippen molar-refractivity contribution >= 4 is 22.4 Å². The highest BCUT2D eigenvalue weighted by atomic mass is 32.1. The quantitative estimate of drug-likeness (QED) is 0.883. The van der Waals surface area contributed by atoms with Crippen LogP contribution in [0.2, 0.25) is 0 Å². The number of benzene rings is 1. The van der Waals surface area contributed by atoms with Gasteiger partial charge in [-0.05, 0) is 5.56 Å². The van der Waals surface area contributed by atoms with E-state index in [1.54, 1.807) is 6.20 Å². The second-order valence-corrected chi connectivity index (χ2v) is 4.33. The first kappa shape index (κ1) is 10.8.